The Morgan fingerprint density at radius 1 is 0.879 bits per heavy atom. The van der Waals surface area contributed by atoms with Gasteiger partial charge in [0.25, 0.3) is 0 Å². The quantitative estimate of drug-likeness (QED) is 0.382. The smallest absolute Gasteiger partial charge is 0.226 e. The third-order valence-electron chi connectivity index (χ3n) is 5.42. The molecule has 0 spiro atoms. The van der Waals surface area contributed by atoms with Crippen LogP contribution in [0, 0.1) is 10.8 Å². The molecule has 0 aromatic carbocycles. The average molecular weight is 463 g/mol. The molecule has 6 nitrogen and oxygen atoms in total. The highest BCUT2D eigenvalue weighted by molar-refractivity contribution is 5.16. The molecule has 0 saturated carbocycles. The molecule has 2 aromatic heterocycles. The van der Waals surface area contributed by atoms with Gasteiger partial charge in [0, 0.05) is 44.3 Å². The molecular formula is C27H42O6. The molecule has 2 heterocycles. The molecule has 0 fully saturated rings. The maximum absolute atomic E-state index is 11.2. The molecule has 2 rings (SSSR count). The predicted octanol–water partition coefficient (Wildman–Crippen LogP) is 6.13. The highest BCUT2D eigenvalue weighted by Gasteiger charge is 2.20. The van der Waals surface area contributed by atoms with E-state index in [1.807, 2.05) is 0 Å². The van der Waals surface area contributed by atoms with Crippen molar-refractivity contribution in [2.75, 3.05) is 13.2 Å². The van der Waals surface area contributed by atoms with E-state index >= 15 is 0 Å². The summed E-state index contributed by atoms with van der Waals surface area (Å²) in [5.74, 6) is 1.06. The monoisotopic (exact) mass is 462 g/mol. The van der Waals surface area contributed by atoms with Crippen LogP contribution < -0.4 is 10.9 Å². The molecule has 0 aliphatic rings. The standard InChI is InChI=1S/C15H24O3.C12H18O3/c1-4-5-8-17-10-7-15(2,3)12-14-11-13(16)6-9-18-14;1-4-5-12(2,3)7-9-6-10(13)11(14)8-15-9/h6,9,11H,4-5,7-8,10,12H2,1-3H3;6,8,14H,4-5,7H2,1-3H3. The van der Waals surface area contributed by atoms with Crippen LogP contribution in [0.15, 0.2) is 49.1 Å². The van der Waals surface area contributed by atoms with Crippen molar-refractivity contribution in [2.24, 2.45) is 10.8 Å². The molecule has 186 valence electrons. The summed E-state index contributed by atoms with van der Waals surface area (Å²) in [5, 5.41) is 9.04. The lowest BCUT2D eigenvalue weighted by Crippen LogP contribution is -2.18. The minimum absolute atomic E-state index is 0.00578. The van der Waals surface area contributed by atoms with Gasteiger partial charge in [0.1, 0.15) is 17.8 Å². The molecule has 0 saturated heterocycles. The molecule has 0 radical (unpaired) electrons. The first kappa shape index (κ1) is 28.7. The van der Waals surface area contributed by atoms with E-state index in [0.29, 0.717) is 5.76 Å². The van der Waals surface area contributed by atoms with Crippen LogP contribution in [0.3, 0.4) is 0 Å². The number of rotatable bonds is 12. The first-order valence-corrected chi connectivity index (χ1v) is 11.9. The minimum atomic E-state index is -0.372. The Kier molecular flexibility index (Phi) is 12.2. The Labute approximate surface area is 198 Å². The zero-order valence-corrected chi connectivity index (χ0v) is 21.2. The molecule has 2 aromatic rings. The number of hydrogen-bond acceptors (Lipinski definition) is 6. The van der Waals surface area contributed by atoms with Crippen LogP contribution in [-0.4, -0.2) is 18.3 Å². The van der Waals surface area contributed by atoms with Crippen LogP contribution in [0.5, 0.6) is 5.75 Å². The van der Waals surface area contributed by atoms with Gasteiger partial charge in [-0.25, -0.2) is 0 Å². The summed E-state index contributed by atoms with van der Waals surface area (Å²) in [6.07, 6.45) is 9.50. The molecule has 0 aliphatic carbocycles. The summed E-state index contributed by atoms with van der Waals surface area (Å²) in [7, 11) is 0. The third-order valence-corrected chi connectivity index (χ3v) is 5.42. The summed E-state index contributed by atoms with van der Waals surface area (Å²) in [4.78, 5) is 22.4. The Morgan fingerprint density at radius 3 is 2.09 bits per heavy atom. The van der Waals surface area contributed by atoms with E-state index in [9.17, 15) is 9.59 Å². The molecule has 0 atom stereocenters. The molecule has 0 bridgehead atoms. The number of hydrogen-bond donors (Lipinski definition) is 1. The molecule has 0 unspecified atom stereocenters. The van der Waals surface area contributed by atoms with Crippen molar-refractivity contribution < 1.29 is 18.7 Å². The second kappa shape index (κ2) is 14.0. The third kappa shape index (κ3) is 12.5. The van der Waals surface area contributed by atoms with Crippen LogP contribution in [-0.2, 0) is 17.6 Å². The van der Waals surface area contributed by atoms with Crippen molar-refractivity contribution in [1.82, 2.24) is 0 Å². The zero-order chi connectivity index (χ0) is 24.9. The van der Waals surface area contributed by atoms with E-state index in [0.717, 1.165) is 63.8 Å². The topological polar surface area (TPSA) is 89.9 Å². The summed E-state index contributed by atoms with van der Waals surface area (Å²) in [6.45, 7) is 14.5. The Balaban J connectivity index is 0.000000335. The lowest BCUT2D eigenvalue weighted by Gasteiger charge is -2.23. The van der Waals surface area contributed by atoms with Gasteiger partial charge in [-0.2, -0.15) is 0 Å². The molecule has 6 heteroatoms. The van der Waals surface area contributed by atoms with E-state index in [4.69, 9.17) is 18.7 Å². The van der Waals surface area contributed by atoms with Gasteiger partial charge in [-0.05, 0) is 30.1 Å². The number of aromatic hydroxyl groups is 1. The fraction of sp³-hybridized carbons (Fsp3) is 0.630. The van der Waals surface area contributed by atoms with E-state index in [-0.39, 0.29) is 27.4 Å². The van der Waals surface area contributed by atoms with Crippen LogP contribution in [0.1, 0.15) is 85.2 Å². The van der Waals surface area contributed by atoms with Gasteiger partial charge in [0.05, 0.1) is 6.26 Å². The van der Waals surface area contributed by atoms with Gasteiger partial charge in [0.2, 0.25) is 5.43 Å². The van der Waals surface area contributed by atoms with Crippen molar-refractivity contribution in [3.63, 3.8) is 0 Å². The maximum Gasteiger partial charge on any atom is 0.226 e. The molecule has 33 heavy (non-hydrogen) atoms. The summed E-state index contributed by atoms with van der Waals surface area (Å²) in [6, 6.07) is 4.37. The SMILES string of the molecule is CCCC(C)(C)Cc1cc(=O)c(O)co1.CCCCOCCC(C)(C)Cc1cc(=O)cco1. The van der Waals surface area contributed by atoms with Gasteiger partial charge in [-0.15, -0.1) is 0 Å². The Bertz CT molecular complexity index is 922. The predicted molar refractivity (Wildman–Crippen MR) is 132 cm³/mol. The van der Waals surface area contributed by atoms with Crippen LogP contribution in [0.25, 0.3) is 0 Å². The fourth-order valence-corrected chi connectivity index (χ4v) is 3.55. The second-order valence-corrected chi connectivity index (χ2v) is 10.2. The van der Waals surface area contributed by atoms with Gasteiger partial charge in [-0.1, -0.05) is 54.4 Å². The number of ether oxygens (including phenoxy) is 1. The van der Waals surface area contributed by atoms with Gasteiger partial charge in [-0.3, -0.25) is 9.59 Å². The van der Waals surface area contributed by atoms with E-state index in [2.05, 4.69) is 41.5 Å². The molecule has 1 N–H and O–H groups in total. The van der Waals surface area contributed by atoms with Gasteiger partial charge >= 0.3 is 0 Å². The van der Waals surface area contributed by atoms with E-state index < -0.39 is 0 Å². The van der Waals surface area contributed by atoms with Crippen LogP contribution in [0.4, 0.5) is 0 Å². The van der Waals surface area contributed by atoms with Crippen LogP contribution >= 0.6 is 0 Å². The van der Waals surface area contributed by atoms with Crippen molar-refractivity contribution in [3.8, 4) is 5.75 Å². The highest BCUT2D eigenvalue weighted by atomic mass is 16.5. The zero-order valence-electron chi connectivity index (χ0n) is 21.2. The van der Waals surface area contributed by atoms with Crippen molar-refractivity contribution in [1.29, 1.82) is 0 Å². The van der Waals surface area contributed by atoms with Crippen LogP contribution in [0.2, 0.25) is 0 Å². The van der Waals surface area contributed by atoms with Gasteiger partial charge < -0.3 is 18.7 Å². The van der Waals surface area contributed by atoms with Crippen molar-refractivity contribution >= 4 is 0 Å². The lowest BCUT2D eigenvalue weighted by atomic mass is 9.84. The lowest BCUT2D eigenvalue weighted by molar-refractivity contribution is 0.0998. The summed E-state index contributed by atoms with van der Waals surface area (Å²) >= 11 is 0. The van der Waals surface area contributed by atoms with Crippen molar-refractivity contribution in [3.05, 3.63) is 62.7 Å². The first-order valence-electron chi connectivity index (χ1n) is 11.9. The molecular weight excluding hydrogens is 420 g/mol. The molecule has 0 amide bonds. The maximum atomic E-state index is 11.2. The summed E-state index contributed by atoms with van der Waals surface area (Å²) < 4.78 is 16.1. The summed E-state index contributed by atoms with van der Waals surface area (Å²) in [5.41, 5.74) is -0.152. The number of unbranched alkanes of at least 4 members (excludes halogenated alkanes) is 1. The molecule has 0 aliphatic heterocycles. The average Bonchev–Trinajstić information content (AvgIpc) is 2.70. The highest BCUT2D eigenvalue weighted by Crippen LogP contribution is 2.27. The minimum Gasteiger partial charge on any atom is -0.502 e. The normalized spacial score (nSPS) is 11.7. The van der Waals surface area contributed by atoms with Gasteiger partial charge in [0.15, 0.2) is 11.2 Å². The van der Waals surface area contributed by atoms with E-state index in [1.165, 1.54) is 24.8 Å². The van der Waals surface area contributed by atoms with Crippen molar-refractivity contribution in [2.45, 2.75) is 86.5 Å². The van der Waals surface area contributed by atoms with E-state index in [1.54, 1.807) is 6.07 Å². The fourth-order valence-electron chi connectivity index (χ4n) is 3.55. The second-order valence-electron chi connectivity index (χ2n) is 10.2. The Hall–Kier alpha value is -2.34. The largest absolute Gasteiger partial charge is 0.502 e. The Morgan fingerprint density at radius 2 is 1.52 bits per heavy atom. The first-order chi connectivity index (χ1) is 15.5.